The molecule has 0 aliphatic carbocycles. The molecular formula is C16H16N2O2S. The number of carbonyl (C=O) groups is 1. The van der Waals surface area contributed by atoms with E-state index in [2.05, 4.69) is 22.2 Å². The Morgan fingerprint density at radius 1 is 1.29 bits per heavy atom. The van der Waals surface area contributed by atoms with Gasteiger partial charge in [-0.15, -0.1) is 0 Å². The van der Waals surface area contributed by atoms with Crippen molar-refractivity contribution in [2.45, 2.75) is 17.9 Å². The highest BCUT2D eigenvalue weighted by atomic mass is 32.2. The van der Waals surface area contributed by atoms with Crippen LogP contribution in [0.1, 0.15) is 11.1 Å². The maximum atomic E-state index is 11.3. The first kappa shape index (κ1) is 14.0. The van der Waals surface area contributed by atoms with Crippen molar-refractivity contribution in [3.8, 4) is 5.75 Å². The molecule has 0 aromatic heterocycles. The summed E-state index contributed by atoms with van der Waals surface area (Å²) in [6.07, 6.45) is 0.472. The van der Waals surface area contributed by atoms with E-state index in [9.17, 15) is 4.79 Å². The van der Waals surface area contributed by atoms with E-state index in [1.54, 1.807) is 19.1 Å². The Labute approximate surface area is 128 Å². The lowest BCUT2D eigenvalue weighted by molar-refractivity contribution is -0.115. The Balaban J connectivity index is 1.58. The summed E-state index contributed by atoms with van der Waals surface area (Å²) in [5.41, 5.74) is 3.16. The third-order valence-electron chi connectivity index (χ3n) is 3.30. The highest BCUT2D eigenvalue weighted by molar-refractivity contribution is 7.97. The van der Waals surface area contributed by atoms with Gasteiger partial charge in [0.1, 0.15) is 5.75 Å². The summed E-state index contributed by atoms with van der Waals surface area (Å²) in [6.45, 7) is 0.746. The standard InChI is InChI=1S/C16H16N2O2S/c1-20-13-4-2-3-11(7-13)10-17-21-14-5-6-15-12(8-14)9-16(19)18-15/h2-8,17H,9-10H2,1H3,(H,18,19). The fourth-order valence-electron chi connectivity index (χ4n) is 2.25. The van der Waals surface area contributed by atoms with Crippen molar-refractivity contribution >= 4 is 23.5 Å². The van der Waals surface area contributed by atoms with Crippen molar-refractivity contribution in [1.82, 2.24) is 4.72 Å². The minimum absolute atomic E-state index is 0.0662. The molecule has 0 spiro atoms. The molecule has 0 fully saturated rings. The van der Waals surface area contributed by atoms with Gasteiger partial charge in [-0.05, 0) is 53.4 Å². The summed E-state index contributed by atoms with van der Waals surface area (Å²) in [4.78, 5) is 12.4. The van der Waals surface area contributed by atoms with Crippen LogP contribution >= 0.6 is 11.9 Å². The zero-order valence-electron chi connectivity index (χ0n) is 11.7. The van der Waals surface area contributed by atoms with E-state index in [4.69, 9.17) is 4.74 Å². The van der Waals surface area contributed by atoms with Gasteiger partial charge in [0, 0.05) is 17.1 Å². The van der Waals surface area contributed by atoms with E-state index in [-0.39, 0.29) is 5.91 Å². The monoisotopic (exact) mass is 300 g/mol. The first-order valence-corrected chi connectivity index (χ1v) is 7.51. The van der Waals surface area contributed by atoms with Crippen molar-refractivity contribution in [1.29, 1.82) is 0 Å². The molecule has 108 valence electrons. The Kier molecular flexibility index (Phi) is 4.13. The smallest absolute Gasteiger partial charge is 0.228 e. The third-order valence-corrected chi connectivity index (χ3v) is 4.08. The number of carbonyl (C=O) groups excluding carboxylic acids is 1. The lowest BCUT2D eigenvalue weighted by atomic mass is 10.2. The van der Waals surface area contributed by atoms with E-state index >= 15 is 0 Å². The number of hydrogen-bond acceptors (Lipinski definition) is 4. The molecule has 2 N–H and O–H groups in total. The van der Waals surface area contributed by atoms with Gasteiger partial charge in [-0.3, -0.25) is 9.52 Å². The van der Waals surface area contributed by atoms with Crippen molar-refractivity contribution in [3.63, 3.8) is 0 Å². The Bertz CT molecular complexity index is 673. The van der Waals surface area contributed by atoms with Gasteiger partial charge >= 0.3 is 0 Å². The Hall–Kier alpha value is -1.98. The van der Waals surface area contributed by atoms with E-state index in [1.165, 1.54) is 5.56 Å². The summed E-state index contributed by atoms with van der Waals surface area (Å²) < 4.78 is 8.53. The van der Waals surface area contributed by atoms with Crippen LogP contribution in [0.3, 0.4) is 0 Å². The first-order valence-electron chi connectivity index (χ1n) is 6.70. The molecule has 2 aromatic carbocycles. The normalized spacial score (nSPS) is 12.9. The molecule has 0 atom stereocenters. The fraction of sp³-hybridized carbons (Fsp3) is 0.188. The molecule has 0 bridgehead atoms. The molecule has 1 amide bonds. The number of benzene rings is 2. The SMILES string of the molecule is COc1cccc(CNSc2ccc3c(c2)CC(=O)N3)c1. The summed E-state index contributed by atoms with van der Waals surface area (Å²) >= 11 is 1.57. The number of amides is 1. The van der Waals surface area contributed by atoms with Crippen molar-refractivity contribution < 1.29 is 9.53 Å². The Morgan fingerprint density at radius 3 is 3.05 bits per heavy atom. The Morgan fingerprint density at radius 2 is 2.19 bits per heavy atom. The average molecular weight is 300 g/mol. The predicted octanol–water partition coefficient (Wildman–Crippen LogP) is 2.99. The molecule has 5 heteroatoms. The van der Waals surface area contributed by atoms with Gasteiger partial charge in [0.25, 0.3) is 0 Å². The van der Waals surface area contributed by atoms with Crippen LogP contribution in [-0.4, -0.2) is 13.0 Å². The van der Waals surface area contributed by atoms with Gasteiger partial charge in [0.2, 0.25) is 5.91 Å². The van der Waals surface area contributed by atoms with E-state index in [0.717, 1.165) is 28.4 Å². The van der Waals surface area contributed by atoms with E-state index in [0.29, 0.717) is 6.42 Å². The molecule has 0 unspecified atom stereocenters. The number of hydrogen-bond donors (Lipinski definition) is 2. The van der Waals surface area contributed by atoms with Crippen LogP contribution in [0.2, 0.25) is 0 Å². The molecule has 1 heterocycles. The minimum Gasteiger partial charge on any atom is -0.497 e. The maximum Gasteiger partial charge on any atom is 0.228 e. The highest BCUT2D eigenvalue weighted by Crippen LogP contribution is 2.27. The number of fused-ring (bicyclic) bond motifs is 1. The predicted molar refractivity (Wildman–Crippen MR) is 84.5 cm³/mol. The first-order chi connectivity index (χ1) is 10.2. The zero-order valence-corrected chi connectivity index (χ0v) is 12.5. The number of ether oxygens (including phenoxy) is 1. The van der Waals surface area contributed by atoms with Gasteiger partial charge in [0.05, 0.1) is 13.5 Å². The van der Waals surface area contributed by atoms with E-state index in [1.807, 2.05) is 30.3 Å². The summed E-state index contributed by atoms with van der Waals surface area (Å²) in [5, 5.41) is 2.84. The molecule has 4 nitrogen and oxygen atoms in total. The summed E-state index contributed by atoms with van der Waals surface area (Å²) in [6, 6.07) is 14.0. The zero-order chi connectivity index (χ0) is 14.7. The molecule has 3 rings (SSSR count). The van der Waals surface area contributed by atoms with Crippen LogP contribution < -0.4 is 14.8 Å². The number of rotatable bonds is 5. The molecule has 2 aromatic rings. The van der Waals surface area contributed by atoms with Crippen LogP contribution in [0.5, 0.6) is 5.75 Å². The number of methoxy groups -OCH3 is 1. The largest absolute Gasteiger partial charge is 0.497 e. The summed E-state index contributed by atoms with van der Waals surface area (Å²) in [5.74, 6) is 0.929. The average Bonchev–Trinajstić information content (AvgIpc) is 2.87. The molecule has 0 radical (unpaired) electrons. The van der Waals surface area contributed by atoms with Crippen molar-refractivity contribution in [2.75, 3.05) is 12.4 Å². The van der Waals surface area contributed by atoms with Crippen LogP contribution in [0.25, 0.3) is 0 Å². The molecule has 1 aliphatic rings. The second-order valence-corrected chi connectivity index (χ2v) is 5.78. The number of nitrogens with one attached hydrogen (secondary N) is 2. The lowest BCUT2D eigenvalue weighted by Crippen LogP contribution is -2.03. The van der Waals surface area contributed by atoms with Gasteiger partial charge in [-0.25, -0.2) is 0 Å². The second-order valence-electron chi connectivity index (χ2n) is 4.82. The third kappa shape index (κ3) is 3.37. The number of anilines is 1. The van der Waals surface area contributed by atoms with Gasteiger partial charge in [-0.1, -0.05) is 12.1 Å². The molecule has 0 saturated heterocycles. The van der Waals surface area contributed by atoms with Crippen molar-refractivity contribution in [3.05, 3.63) is 53.6 Å². The van der Waals surface area contributed by atoms with Crippen LogP contribution in [0.15, 0.2) is 47.4 Å². The highest BCUT2D eigenvalue weighted by Gasteiger charge is 2.17. The van der Waals surface area contributed by atoms with Gasteiger partial charge < -0.3 is 10.1 Å². The molecule has 1 aliphatic heterocycles. The quantitative estimate of drug-likeness (QED) is 0.834. The minimum atomic E-state index is 0.0662. The van der Waals surface area contributed by atoms with Crippen LogP contribution in [0, 0.1) is 0 Å². The topological polar surface area (TPSA) is 50.4 Å². The lowest BCUT2D eigenvalue weighted by Gasteiger charge is -2.07. The summed E-state index contributed by atoms with van der Waals surface area (Å²) in [7, 11) is 1.67. The van der Waals surface area contributed by atoms with Crippen LogP contribution in [-0.2, 0) is 17.8 Å². The van der Waals surface area contributed by atoms with E-state index < -0.39 is 0 Å². The van der Waals surface area contributed by atoms with Gasteiger partial charge in [-0.2, -0.15) is 0 Å². The maximum absolute atomic E-state index is 11.3. The molecular weight excluding hydrogens is 284 g/mol. The van der Waals surface area contributed by atoms with Crippen molar-refractivity contribution in [2.24, 2.45) is 0 Å². The second kappa shape index (κ2) is 6.20. The van der Waals surface area contributed by atoms with Crippen LogP contribution in [0.4, 0.5) is 5.69 Å². The molecule has 0 saturated carbocycles. The van der Waals surface area contributed by atoms with Gasteiger partial charge in [0.15, 0.2) is 0 Å². The fourth-order valence-corrected chi connectivity index (χ4v) is 3.00. The molecule has 21 heavy (non-hydrogen) atoms.